The van der Waals surface area contributed by atoms with E-state index < -0.39 is 15.5 Å². The van der Waals surface area contributed by atoms with E-state index in [0.717, 1.165) is 0 Å². The highest BCUT2D eigenvalue weighted by molar-refractivity contribution is 6.76. The van der Waals surface area contributed by atoms with Gasteiger partial charge in [-0.2, -0.15) is 0 Å². The molecule has 2 aliphatic rings. The van der Waals surface area contributed by atoms with Gasteiger partial charge in [0.1, 0.15) is 0 Å². The average molecular weight is 289 g/mol. The highest BCUT2D eigenvalue weighted by atomic mass is 35.6. The summed E-state index contributed by atoms with van der Waals surface area (Å²) < 4.78 is 9.20. The Labute approximate surface area is 109 Å². The summed E-state index contributed by atoms with van der Waals surface area (Å²) in [5.74, 6) is -0.991. The monoisotopic (exact) mass is 287 g/mol. The minimum atomic E-state index is -1.87. The molecule has 0 N–H and O–H groups in total. The van der Waals surface area contributed by atoms with Crippen LogP contribution in [0.5, 0.6) is 0 Å². The van der Waals surface area contributed by atoms with Crippen molar-refractivity contribution in [1.82, 2.24) is 4.90 Å². The number of alkyl halides is 3. The smallest absolute Gasteiger partial charge is 0.274 e. The average Bonchev–Trinajstić information content (AvgIpc) is 2.66. The topological polar surface area (TPSA) is 38.8 Å². The molecule has 2 aliphatic heterocycles. The van der Waals surface area contributed by atoms with Crippen LogP contribution in [-0.4, -0.2) is 46.7 Å². The molecule has 0 aromatic rings. The number of rotatable bonds is 0. The van der Waals surface area contributed by atoms with Gasteiger partial charge in [-0.05, 0) is 0 Å². The van der Waals surface area contributed by atoms with E-state index >= 15 is 0 Å². The van der Waals surface area contributed by atoms with Crippen LogP contribution in [0.4, 0.5) is 0 Å². The Hall–Kier alpha value is 0.260. The quantitative estimate of drug-likeness (QED) is 0.637. The third-order valence-electron chi connectivity index (χ3n) is 2.87. The maximum Gasteiger partial charge on any atom is 0.274 e. The van der Waals surface area contributed by atoms with Crippen molar-refractivity contribution in [3.63, 3.8) is 0 Å². The van der Waals surface area contributed by atoms with Crippen molar-refractivity contribution >= 4 is 40.7 Å². The molecule has 0 radical (unpaired) electrons. The van der Waals surface area contributed by atoms with E-state index in [9.17, 15) is 4.79 Å². The fraction of sp³-hybridized carbons (Fsp3) is 0.889. The van der Waals surface area contributed by atoms with Crippen LogP contribution in [0.15, 0.2) is 0 Å². The first-order valence-electron chi connectivity index (χ1n) is 5.07. The van der Waals surface area contributed by atoms with Crippen molar-refractivity contribution in [3.8, 4) is 0 Å². The van der Waals surface area contributed by atoms with Gasteiger partial charge in [-0.3, -0.25) is 4.79 Å². The molecule has 2 fully saturated rings. The molecule has 0 atom stereocenters. The lowest BCUT2D eigenvalue weighted by Gasteiger charge is -2.38. The van der Waals surface area contributed by atoms with E-state index in [0.29, 0.717) is 39.1 Å². The first kappa shape index (κ1) is 12.7. The van der Waals surface area contributed by atoms with Crippen LogP contribution in [-0.2, 0) is 14.3 Å². The molecule has 2 saturated heterocycles. The van der Waals surface area contributed by atoms with Gasteiger partial charge in [0.15, 0.2) is 5.79 Å². The van der Waals surface area contributed by atoms with Gasteiger partial charge in [-0.15, -0.1) is 0 Å². The fourth-order valence-corrected chi connectivity index (χ4v) is 2.37. The number of ether oxygens (including phenoxy) is 2. The number of nitrogens with zero attached hydrogens (tertiary/aromatic N) is 1. The Morgan fingerprint density at radius 3 is 2.06 bits per heavy atom. The molecule has 4 nitrogen and oxygen atoms in total. The standard InChI is InChI=1S/C9H12Cl3NO3/c10-9(11,12)7(14)13-3-1-8(2-4-13)15-5-6-16-8/h1-6H2. The minimum absolute atomic E-state index is 0.481. The van der Waals surface area contributed by atoms with E-state index in [4.69, 9.17) is 44.3 Å². The third kappa shape index (κ3) is 2.57. The summed E-state index contributed by atoms with van der Waals surface area (Å²) in [6, 6.07) is 0. The molecule has 7 heteroatoms. The summed E-state index contributed by atoms with van der Waals surface area (Å²) in [5.41, 5.74) is 0. The summed E-state index contributed by atoms with van der Waals surface area (Å²) in [5, 5.41) is 0. The molecule has 0 aromatic heterocycles. The lowest BCUT2D eigenvalue weighted by molar-refractivity contribution is -0.187. The highest BCUT2D eigenvalue weighted by Crippen LogP contribution is 2.34. The summed E-state index contributed by atoms with van der Waals surface area (Å²) in [6.07, 6.45) is 1.25. The van der Waals surface area contributed by atoms with Gasteiger partial charge in [0.2, 0.25) is 0 Å². The third-order valence-corrected chi connectivity index (χ3v) is 3.35. The summed E-state index contributed by atoms with van der Waals surface area (Å²) in [4.78, 5) is 13.2. The molecule has 0 aromatic carbocycles. The van der Waals surface area contributed by atoms with E-state index in [1.165, 1.54) is 4.90 Å². The molecule has 1 amide bonds. The maximum atomic E-state index is 11.7. The molecule has 2 heterocycles. The molecule has 0 aliphatic carbocycles. The second-order valence-corrected chi connectivity index (χ2v) is 6.18. The zero-order chi connectivity index (χ0) is 11.8. The Morgan fingerprint density at radius 2 is 1.62 bits per heavy atom. The van der Waals surface area contributed by atoms with Crippen LogP contribution in [0.2, 0.25) is 0 Å². The number of piperidine rings is 1. The van der Waals surface area contributed by atoms with Crippen molar-refractivity contribution in [1.29, 1.82) is 0 Å². The molecular weight excluding hydrogens is 276 g/mol. The number of hydrogen-bond acceptors (Lipinski definition) is 3. The maximum absolute atomic E-state index is 11.7. The predicted octanol–water partition coefficient (Wildman–Crippen LogP) is 1.72. The summed E-state index contributed by atoms with van der Waals surface area (Å²) in [7, 11) is 0. The van der Waals surface area contributed by atoms with Gasteiger partial charge in [0.05, 0.1) is 13.2 Å². The predicted molar refractivity (Wildman–Crippen MR) is 60.7 cm³/mol. The van der Waals surface area contributed by atoms with Gasteiger partial charge in [0.25, 0.3) is 9.70 Å². The fourth-order valence-electron chi connectivity index (χ4n) is 2.02. The molecule has 2 rings (SSSR count). The molecule has 0 saturated carbocycles. The number of amides is 1. The van der Waals surface area contributed by atoms with Crippen molar-refractivity contribution < 1.29 is 14.3 Å². The van der Waals surface area contributed by atoms with E-state index in [-0.39, 0.29) is 0 Å². The highest BCUT2D eigenvalue weighted by Gasteiger charge is 2.44. The number of hydrogen-bond donors (Lipinski definition) is 0. The Kier molecular flexibility index (Phi) is 3.57. The largest absolute Gasteiger partial charge is 0.347 e. The van der Waals surface area contributed by atoms with Crippen molar-refractivity contribution in [2.45, 2.75) is 22.4 Å². The normalized spacial score (nSPS) is 25.1. The van der Waals surface area contributed by atoms with Gasteiger partial charge >= 0.3 is 0 Å². The molecule has 1 spiro atoms. The van der Waals surface area contributed by atoms with E-state index in [1.807, 2.05) is 0 Å². The molecular formula is C9H12Cl3NO3. The Balaban J connectivity index is 1.92. The van der Waals surface area contributed by atoms with Gasteiger partial charge in [-0.25, -0.2) is 0 Å². The van der Waals surface area contributed by atoms with Crippen LogP contribution >= 0.6 is 34.8 Å². The van der Waals surface area contributed by atoms with E-state index in [1.54, 1.807) is 0 Å². The molecule has 0 unspecified atom stereocenters. The van der Waals surface area contributed by atoms with Crippen LogP contribution < -0.4 is 0 Å². The van der Waals surface area contributed by atoms with Crippen molar-refractivity contribution in [2.75, 3.05) is 26.3 Å². The van der Waals surface area contributed by atoms with Crippen LogP contribution in [0.3, 0.4) is 0 Å². The zero-order valence-electron chi connectivity index (χ0n) is 8.55. The second-order valence-electron chi connectivity index (χ2n) is 3.90. The van der Waals surface area contributed by atoms with Crippen LogP contribution in [0.1, 0.15) is 12.8 Å². The zero-order valence-corrected chi connectivity index (χ0v) is 10.8. The Bertz CT molecular complexity index is 276. The number of carbonyl (C=O) groups excluding carboxylic acids is 1. The Morgan fingerprint density at radius 1 is 1.12 bits per heavy atom. The number of likely N-dealkylation sites (tertiary alicyclic amines) is 1. The van der Waals surface area contributed by atoms with Crippen molar-refractivity contribution in [2.24, 2.45) is 0 Å². The summed E-state index contributed by atoms with van der Waals surface area (Å²) in [6.45, 7) is 2.20. The minimum Gasteiger partial charge on any atom is -0.347 e. The number of carbonyl (C=O) groups is 1. The molecule has 16 heavy (non-hydrogen) atoms. The van der Waals surface area contributed by atoms with Crippen molar-refractivity contribution in [3.05, 3.63) is 0 Å². The first-order chi connectivity index (χ1) is 7.43. The van der Waals surface area contributed by atoms with Crippen LogP contribution in [0.25, 0.3) is 0 Å². The van der Waals surface area contributed by atoms with E-state index in [2.05, 4.69) is 0 Å². The van der Waals surface area contributed by atoms with Crippen LogP contribution in [0, 0.1) is 0 Å². The number of halogens is 3. The lowest BCUT2D eigenvalue weighted by Crippen LogP contribution is -2.50. The molecule has 92 valence electrons. The first-order valence-corrected chi connectivity index (χ1v) is 6.20. The van der Waals surface area contributed by atoms with Gasteiger partial charge in [0, 0.05) is 25.9 Å². The van der Waals surface area contributed by atoms with Gasteiger partial charge < -0.3 is 14.4 Å². The summed E-state index contributed by atoms with van der Waals surface area (Å²) >= 11 is 16.6. The lowest BCUT2D eigenvalue weighted by atomic mass is 10.0. The SMILES string of the molecule is O=C(N1CCC2(CC1)OCCO2)C(Cl)(Cl)Cl. The second kappa shape index (κ2) is 4.50. The molecule has 0 bridgehead atoms. The van der Waals surface area contributed by atoms with Gasteiger partial charge in [-0.1, -0.05) is 34.8 Å².